The van der Waals surface area contributed by atoms with Crippen molar-refractivity contribution in [2.45, 2.75) is 6.92 Å². The predicted molar refractivity (Wildman–Crippen MR) is 112 cm³/mol. The lowest BCUT2D eigenvalue weighted by Crippen LogP contribution is -2.17. The first-order chi connectivity index (χ1) is 13.5. The lowest BCUT2D eigenvalue weighted by atomic mass is 10.1. The monoisotopic (exact) mass is 436 g/mol. The second-order valence-electron chi connectivity index (χ2n) is 6.03. The zero-order chi connectivity index (χ0) is 19.9. The molecule has 0 aliphatic heterocycles. The van der Waals surface area contributed by atoms with Gasteiger partial charge in [0.05, 0.1) is 11.8 Å². The van der Waals surface area contributed by atoms with Crippen molar-refractivity contribution >= 4 is 34.0 Å². The molecule has 3 aromatic carbocycles. The van der Waals surface area contributed by atoms with Crippen molar-refractivity contribution in [1.82, 2.24) is 5.43 Å². The van der Waals surface area contributed by atoms with Gasteiger partial charge in [-0.05, 0) is 67.1 Å². The molecular weight excluding hydrogens is 420 g/mol. The Morgan fingerprint density at radius 2 is 1.68 bits per heavy atom. The van der Waals surface area contributed by atoms with Crippen LogP contribution in [0.25, 0.3) is 0 Å². The van der Waals surface area contributed by atoms with Gasteiger partial charge in [-0.2, -0.15) is 5.10 Å². The van der Waals surface area contributed by atoms with Crippen molar-refractivity contribution in [3.8, 4) is 5.75 Å². The van der Waals surface area contributed by atoms with E-state index < -0.39 is 5.97 Å². The number of nitrogens with zero attached hydrogens (tertiary/aromatic N) is 1. The van der Waals surface area contributed by atoms with Gasteiger partial charge in [-0.3, -0.25) is 4.79 Å². The van der Waals surface area contributed by atoms with Gasteiger partial charge < -0.3 is 4.74 Å². The van der Waals surface area contributed by atoms with Crippen LogP contribution in [0, 0.1) is 6.92 Å². The van der Waals surface area contributed by atoms with Crippen molar-refractivity contribution in [3.05, 3.63) is 99.5 Å². The second kappa shape index (κ2) is 9.10. The molecular formula is C22H17BrN2O3. The maximum atomic E-state index is 12.1. The number of amides is 1. The van der Waals surface area contributed by atoms with Crippen molar-refractivity contribution < 1.29 is 14.3 Å². The largest absolute Gasteiger partial charge is 0.423 e. The van der Waals surface area contributed by atoms with Crippen LogP contribution in [0.1, 0.15) is 31.8 Å². The zero-order valence-electron chi connectivity index (χ0n) is 15.1. The summed E-state index contributed by atoms with van der Waals surface area (Å²) in [5.41, 5.74) is 5.30. The molecule has 0 atom stereocenters. The summed E-state index contributed by atoms with van der Waals surface area (Å²) >= 11 is 3.32. The highest BCUT2D eigenvalue weighted by Crippen LogP contribution is 2.14. The molecule has 0 fully saturated rings. The quantitative estimate of drug-likeness (QED) is 0.271. The van der Waals surface area contributed by atoms with Gasteiger partial charge in [0, 0.05) is 10.0 Å². The molecule has 6 heteroatoms. The Hall–Kier alpha value is -3.25. The fourth-order valence-electron chi connectivity index (χ4n) is 2.34. The van der Waals surface area contributed by atoms with Crippen LogP contribution in [0.2, 0.25) is 0 Å². The van der Waals surface area contributed by atoms with Crippen LogP contribution in [0.4, 0.5) is 0 Å². The Morgan fingerprint density at radius 1 is 0.964 bits per heavy atom. The Bertz CT molecular complexity index is 1010. The summed E-state index contributed by atoms with van der Waals surface area (Å²) in [6, 6.07) is 21.0. The number of benzene rings is 3. The molecule has 5 nitrogen and oxygen atoms in total. The van der Waals surface area contributed by atoms with Crippen molar-refractivity contribution in [2.24, 2.45) is 5.10 Å². The fraction of sp³-hybridized carbons (Fsp3) is 0.0455. The summed E-state index contributed by atoms with van der Waals surface area (Å²) in [5, 5.41) is 3.95. The molecule has 0 bridgehead atoms. The van der Waals surface area contributed by atoms with E-state index in [4.69, 9.17) is 4.74 Å². The van der Waals surface area contributed by atoms with Gasteiger partial charge in [0.15, 0.2) is 0 Å². The number of hydrogen-bond donors (Lipinski definition) is 1. The predicted octanol–water partition coefficient (Wildman–Crippen LogP) is 4.74. The minimum Gasteiger partial charge on any atom is -0.423 e. The summed E-state index contributed by atoms with van der Waals surface area (Å²) in [5.74, 6) is -0.287. The third kappa shape index (κ3) is 5.37. The molecule has 0 unspecified atom stereocenters. The molecule has 0 radical (unpaired) electrons. The number of carbonyl (C=O) groups is 2. The molecule has 0 spiro atoms. The van der Waals surface area contributed by atoms with E-state index in [0.29, 0.717) is 16.9 Å². The normalized spacial score (nSPS) is 10.6. The number of nitrogens with one attached hydrogen (secondary N) is 1. The van der Waals surface area contributed by atoms with E-state index >= 15 is 0 Å². The van der Waals surface area contributed by atoms with Crippen LogP contribution in [0.5, 0.6) is 5.75 Å². The van der Waals surface area contributed by atoms with Crippen LogP contribution in [0.15, 0.2) is 82.4 Å². The minimum absolute atomic E-state index is 0.304. The maximum absolute atomic E-state index is 12.1. The number of aryl methyl sites for hydroxylation is 1. The average Bonchev–Trinajstić information content (AvgIpc) is 2.69. The van der Waals surface area contributed by atoms with Crippen molar-refractivity contribution in [3.63, 3.8) is 0 Å². The van der Waals surface area contributed by atoms with Gasteiger partial charge in [-0.1, -0.05) is 39.7 Å². The molecule has 3 rings (SSSR count). The number of ether oxygens (including phenoxy) is 1. The Labute approximate surface area is 171 Å². The van der Waals surface area contributed by atoms with E-state index in [2.05, 4.69) is 26.5 Å². The first-order valence-electron chi connectivity index (χ1n) is 8.49. The van der Waals surface area contributed by atoms with Crippen LogP contribution < -0.4 is 10.2 Å². The fourth-order valence-corrected chi connectivity index (χ4v) is 2.74. The smallest absolute Gasteiger partial charge is 0.343 e. The zero-order valence-corrected chi connectivity index (χ0v) is 16.6. The first-order valence-corrected chi connectivity index (χ1v) is 9.28. The summed E-state index contributed by atoms with van der Waals surface area (Å²) in [6.07, 6.45) is 1.52. The molecule has 0 heterocycles. The summed E-state index contributed by atoms with van der Waals surface area (Å²) in [6.45, 7) is 1.95. The van der Waals surface area contributed by atoms with Gasteiger partial charge in [-0.15, -0.1) is 0 Å². The molecule has 1 N–H and O–H groups in total. The maximum Gasteiger partial charge on any atom is 0.343 e. The molecule has 0 aliphatic carbocycles. The summed E-state index contributed by atoms with van der Waals surface area (Å²) in [4.78, 5) is 24.1. The SMILES string of the molecule is Cc1ccc(C(=O)Oc2ccc(/C=N\NC(=O)c3cccc(Br)c3)cc2)cc1. The van der Waals surface area contributed by atoms with E-state index in [1.807, 2.05) is 25.1 Å². The van der Waals surface area contributed by atoms with E-state index in [1.165, 1.54) is 6.21 Å². The Balaban J connectivity index is 1.56. The van der Waals surface area contributed by atoms with E-state index in [1.54, 1.807) is 54.6 Å². The third-order valence-corrected chi connectivity index (χ3v) is 4.34. The number of hydrazone groups is 1. The lowest BCUT2D eigenvalue weighted by molar-refractivity contribution is 0.0734. The molecule has 140 valence electrons. The third-order valence-electron chi connectivity index (χ3n) is 3.84. The van der Waals surface area contributed by atoms with Gasteiger partial charge in [0.1, 0.15) is 5.75 Å². The van der Waals surface area contributed by atoms with Crippen LogP contribution >= 0.6 is 15.9 Å². The van der Waals surface area contributed by atoms with E-state index in [9.17, 15) is 9.59 Å². The van der Waals surface area contributed by atoms with E-state index in [-0.39, 0.29) is 5.91 Å². The summed E-state index contributed by atoms with van der Waals surface area (Å²) < 4.78 is 6.17. The standard InChI is InChI=1S/C22H17BrN2O3/c1-15-5-9-17(10-6-15)22(27)28-20-11-7-16(8-12-20)14-24-25-21(26)18-3-2-4-19(23)13-18/h2-14H,1H3,(H,25,26)/b24-14-. The van der Waals surface area contributed by atoms with Crippen LogP contribution in [-0.4, -0.2) is 18.1 Å². The van der Waals surface area contributed by atoms with Crippen molar-refractivity contribution in [1.29, 1.82) is 0 Å². The van der Waals surface area contributed by atoms with Crippen LogP contribution in [-0.2, 0) is 0 Å². The molecule has 0 aromatic heterocycles. The molecule has 28 heavy (non-hydrogen) atoms. The van der Waals surface area contributed by atoms with Gasteiger partial charge in [0.25, 0.3) is 5.91 Å². The molecule has 3 aromatic rings. The van der Waals surface area contributed by atoms with Gasteiger partial charge >= 0.3 is 5.97 Å². The van der Waals surface area contributed by atoms with Gasteiger partial charge in [0.2, 0.25) is 0 Å². The number of halogens is 1. The topological polar surface area (TPSA) is 67.8 Å². The second-order valence-corrected chi connectivity index (χ2v) is 6.95. The number of rotatable bonds is 5. The number of carbonyl (C=O) groups excluding carboxylic acids is 2. The highest BCUT2D eigenvalue weighted by Gasteiger charge is 2.08. The lowest BCUT2D eigenvalue weighted by Gasteiger charge is -2.05. The van der Waals surface area contributed by atoms with Crippen LogP contribution in [0.3, 0.4) is 0 Å². The van der Waals surface area contributed by atoms with E-state index in [0.717, 1.165) is 15.6 Å². The Kier molecular flexibility index (Phi) is 6.34. The number of hydrogen-bond acceptors (Lipinski definition) is 4. The van der Waals surface area contributed by atoms with Crippen molar-refractivity contribution in [2.75, 3.05) is 0 Å². The molecule has 0 aliphatic rings. The first kappa shape index (κ1) is 19.5. The number of esters is 1. The molecule has 0 saturated heterocycles. The molecule has 0 saturated carbocycles. The highest BCUT2D eigenvalue weighted by molar-refractivity contribution is 9.10. The average molecular weight is 437 g/mol. The molecule has 1 amide bonds. The van der Waals surface area contributed by atoms with Gasteiger partial charge in [-0.25, -0.2) is 10.2 Å². The minimum atomic E-state index is -0.414. The highest BCUT2D eigenvalue weighted by atomic mass is 79.9. The summed E-state index contributed by atoms with van der Waals surface area (Å²) in [7, 11) is 0. The Morgan fingerprint density at radius 3 is 2.36 bits per heavy atom.